The van der Waals surface area contributed by atoms with Crippen LogP contribution in [0.5, 0.6) is 0 Å². The molecular weight excluding hydrogens is 362 g/mol. The third-order valence-electron chi connectivity index (χ3n) is 5.66. The van der Waals surface area contributed by atoms with Gasteiger partial charge in [-0.25, -0.2) is 4.99 Å². The van der Waals surface area contributed by atoms with Crippen LogP contribution in [0.4, 0.5) is 22.7 Å². The Kier molecular flexibility index (Phi) is 5.20. The maximum atomic E-state index is 12.7. The van der Waals surface area contributed by atoms with Crippen LogP contribution in [-0.4, -0.2) is 11.5 Å². The molecule has 0 spiro atoms. The van der Waals surface area contributed by atoms with Crippen molar-refractivity contribution in [1.82, 2.24) is 0 Å². The van der Waals surface area contributed by atoms with Gasteiger partial charge in [0.05, 0.1) is 22.8 Å². The predicted octanol–water partition coefficient (Wildman–Crippen LogP) is 3.97. The van der Waals surface area contributed by atoms with Crippen LogP contribution in [0, 0.1) is 27.7 Å². The molecule has 0 saturated heterocycles. The largest absolute Gasteiger partial charge is 0.399 e. The Labute approximate surface area is 171 Å². The fourth-order valence-corrected chi connectivity index (χ4v) is 3.29. The van der Waals surface area contributed by atoms with E-state index in [2.05, 4.69) is 5.32 Å². The van der Waals surface area contributed by atoms with Crippen molar-refractivity contribution in [2.24, 2.45) is 10.7 Å². The maximum absolute atomic E-state index is 12.7. The molecule has 7 N–H and O–H groups in total. The number of ketones is 1. The summed E-state index contributed by atoms with van der Waals surface area (Å²) >= 11 is 0. The third-order valence-corrected chi connectivity index (χ3v) is 5.66. The van der Waals surface area contributed by atoms with Gasteiger partial charge >= 0.3 is 0 Å². The lowest BCUT2D eigenvalue weighted by Gasteiger charge is -2.21. The summed E-state index contributed by atoms with van der Waals surface area (Å²) in [5, 5.41) is 3.26. The van der Waals surface area contributed by atoms with Crippen molar-refractivity contribution in [3.63, 3.8) is 0 Å². The number of rotatable bonds is 3. The van der Waals surface area contributed by atoms with Crippen LogP contribution in [0.15, 0.2) is 52.3 Å². The van der Waals surface area contributed by atoms with Gasteiger partial charge in [0.25, 0.3) is 0 Å². The van der Waals surface area contributed by atoms with E-state index >= 15 is 0 Å². The average molecular weight is 390 g/mol. The molecule has 0 radical (unpaired) electrons. The molecule has 150 valence electrons. The van der Waals surface area contributed by atoms with Crippen molar-refractivity contribution in [2.45, 2.75) is 34.6 Å². The Morgan fingerprint density at radius 2 is 1.38 bits per heavy atom. The molecule has 2 aromatic rings. The number of nitrogen functional groups attached to an aromatic ring is 2. The Bertz CT molecular complexity index is 1120. The molecule has 3 rings (SSSR count). The van der Waals surface area contributed by atoms with Crippen molar-refractivity contribution in [2.75, 3.05) is 16.8 Å². The Morgan fingerprint density at radius 1 is 0.793 bits per heavy atom. The highest BCUT2D eigenvalue weighted by atomic mass is 16.1. The number of anilines is 3. The first-order valence-electron chi connectivity index (χ1n) is 9.42. The van der Waals surface area contributed by atoms with E-state index in [9.17, 15) is 4.79 Å². The quantitative estimate of drug-likeness (QED) is 0.468. The van der Waals surface area contributed by atoms with Gasteiger partial charge in [0.1, 0.15) is 0 Å². The molecule has 29 heavy (non-hydrogen) atoms. The van der Waals surface area contributed by atoms with Crippen LogP contribution < -0.4 is 22.5 Å². The second-order valence-electron chi connectivity index (χ2n) is 7.43. The fourth-order valence-electron chi connectivity index (χ4n) is 3.29. The lowest BCUT2D eigenvalue weighted by atomic mass is 9.96. The van der Waals surface area contributed by atoms with Gasteiger partial charge in [0, 0.05) is 28.7 Å². The topological polar surface area (TPSA) is 120 Å². The Balaban J connectivity index is 2.09. The van der Waals surface area contributed by atoms with Crippen molar-refractivity contribution >= 4 is 34.2 Å². The number of hydrogen-bond acceptors (Lipinski definition) is 6. The molecule has 0 heterocycles. The SMILES string of the molecule is CC1=C(Nc2ccc(N)c(C)c2C)C(=O)C=C(N)/C1=N/c1ccc(N)c(C)c1C. The smallest absolute Gasteiger partial charge is 0.204 e. The minimum atomic E-state index is -0.182. The van der Waals surface area contributed by atoms with Crippen LogP contribution in [0.3, 0.4) is 0 Å². The molecule has 2 aromatic carbocycles. The van der Waals surface area contributed by atoms with E-state index in [0.29, 0.717) is 28.4 Å². The van der Waals surface area contributed by atoms with Gasteiger partial charge in [0.2, 0.25) is 5.78 Å². The highest BCUT2D eigenvalue weighted by molar-refractivity contribution is 6.25. The molecule has 0 unspecified atom stereocenters. The van der Waals surface area contributed by atoms with E-state index in [0.717, 1.165) is 39.3 Å². The predicted molar refractivity (Wildman–Crippen MR) is 121 cm³/mol. The van der Waals surface area contributed by atoms with Crippen LogP contribution in [-0.2, 0) is 4.79 Å². The first-order valence-corrected chi connectivity index (χ1v) is 9.42. The highest BCUT2D eigenvalue weighted by Gasteiger charge is 2.24. The maximum Gasteiger partial charge on any atom is 0.204 e. The molecule has 0 saturated carbocycles. The van der Waals surface area contributed by atoms with Crippen molar-refractivity contribution in [3.8, 4) is 0 Å². The number of carbonyl (C=O) groups excluding carboxylic acids is 1. The number of nitrogens with zero attached hydrogens (tertiary/aromatic N) is 1. The monoisotopic (exact) mass is 389 g/mol. The second kappa shape index (κ2) is 7.47. The number of benzene rings is 2. The number of allylic oxidation sites excluding steroid dienone is 2. The van der Waals surface area contributed by atoms with Crippen molar-refractivity contribution < 1.29 is 4.79 Å². The molecular formula is C23H27N5O. The Hall–Kier alpha value is -3.54. The summed E-state index contributed by atoms with van der Waals surface area (Å²) in [6.07, 6.45) is 1.41. The van der Waals surface area contributed by atoms with Crippen LogP contribution >= 0.6 is 0 Å². The molecule has 0 fully saturated rings. The van der Waals surface area contributed by atoms with Crippen LogP contribution in [0.2, 0.25) is 0 Å². The molecule has 1 aliphatic carbocycles. The zero-order valence-electron chi connectivity index (χ0n) is 17.5. The summed E-state index contributed by atoms with van der Waals surface area (Å²) in [6.45, 7) is 9.70. The van der Waals surface area contributed by atoms with E-state index in [-0.39, 0.29) is 5.78 Å². The number of hydrogen-bond donors (Lipinski definition) is 4. The number of nitrogens with two attached hydrogens (primary N) is 3. The fraction of sp³-hybridized carbons (Fsp3) is 0.217. The van der Waals surface area contributed by atoms with E-state index in [1.807, 2.05) is 58.9 Å². The molecule has 0 aromatic heterocycles. The molecule has 1 aliphatic rings. The highest BCUT2D eigenvalue weighted by Crippen LogP contribution is 2.30. The minimum Gasteiger partial charge on any atom is -0.399 e. The number of aliphatic imine (C=N–C) groups is 1. The summed E-state index contributed by atoms with van der Waals surface area (Å²) in [4.78, 5) is 17.4. The first-order chi connectivity index (χ1) is 13.6. The lowest BCUT2D eigenvalue weighted by Crippen LogP contribution is -2.26. The average Bonchev–Trinajstić information content (AvgIpc) is 2.67. The van der Waals surface area contributed by atoms with Gasteiger partial charge in [-0.15, -0.1) is 0 Å². The van der Waals surface area contributed by atoms with E-state index in [1.165, 1.54) is 6.08 Å². The first kappa shape index (κ1) is 20.2. The van der Waals surface area contributed by atoms with Gasteiger partial charge < -0.3 is 22.5 Å². The zero-order chi connectivity index (χ0) is 21.5. The normalized spacial score (nSPS) is 15.7. The summed E-state index contributed by atoms with van der Waals surface area (Å²) in [7, 11) is 0. The third kappa shape index (κ3) is 3.61. The van der Waals surface area contributed by atoms with Crippen molar-refractivity contribution in [1.29, 1.82) is 0 Å². The lowest BCUT2D eigenvalue weighted by molar-refractivity contribution is -0.111. The summed E-state index contributed by atoms with van der Waals surface area (Å²) in [6, 6.07) is 7.39. The zero-order valence-corrected chi connectivity index (χ0v) is 17.5. The second-order valence-corrected chi connectivity index (χ2v) is 7.43. The summed E-state index contributed by atoms with van der Waals surface area (Å²) in [5.41, 5.74) is 27.2. The van der Waals surface area contributed by atoms with E-state index in [1.54, 1.807) is 0 Å². The number of carbonyl (C=O) groups is 1. The summed E-state index contributed by atoms with van der Waals surface area (Å²) < 4.78 is 0. The van der Waals surface area contributed by atoms with Gasteiger partial charge in [-0.05, 0) is 81.1 Å². The standard InChI is InChI=1S/C23H27N5O/c1-11-13(3)19(8-6-16(11)24)27-22-15(5)23(21(29)10-18(22)26)28-20-9-7-17(25)12(2)14(20)4/h6-10,28H,24-26H2,1-5H3/b27-22+. The van der Waals surface area contributed by atoms with Gasteiger partial charge in [-0.2, -0.15) is 0 Å². The molecule has 6 nitrogen and oxygen atoms in total. The molecule has 0 atom stereocenters. The van der Waals surface area contributed by atoms with Gasteiger partial charge in [-0.3, -0.25) is 4.79 Å². The van der Waals surface area contributed by atoms with Crippen LogP contribution in [0.1, 0.15) is 29.2 Å². The summed E-state index contributed by atoms with van der Waals surface area (Å²) in [5.74, 6) is -0.182. The Morgan fingerprint density at radius 3 is 2.03 bits per heavy atom. The molecule has 0 amide bonds. The van der Waals surface area contributed by atoms with Gasteiger partial charge in [-0.1, -0.05) is 0 Å². The molecule has 0 bridgehead atoms. The van der Waals surface area contributed by atoms with E-state index in [4.69, 9.17) is 22.2 Å². The molecule has 0 aliphatic heterocycles. The molecule has 6 heteroatoms. The minimum absolute atomic E-state index is 0.182. The van der Waals surface area contributed by atoms with Gasteiger partial charge in [0.15, 0.2) is 0 Å². The number of nitrogens with one attached hydrogen (secondary N) is 1. The van der Waals surface area contributed by atoms with Crippen molar-refractivity contribution in [3.05, 3.63) is 69.6 Å². The van der Waals surface area contributed by atoms with Crippen LogP contribution in [0.25, 0.3) is 0 Å². The van der Waals surface area contributed by atoms with E-state index < -0.39 is 0 Å².